The van der Waals surface area contributed by atoms with Gasteiger partial charge < -0.3 is 14.7 Å². The molecule has 0 fully saturated rings. The smallest absolute Gasteiger partial charge is 0.323 e. The fourth-order valence-corrected chi connectivity index (χ4v) is 1.24. The molecule has 0 bridgehead atoms. The third kappa shape index (κ3) is 4.14. The first-order chi connectivity index (χ1) is 8.17. The molecule has 17 heavy (non-hydrogen) atoms. The summed E-state index contributed by atoms with van der Waals surface area (Å²) < 4.78 is 4.55. The van der Waals surface area contributed by atoms with Gasteiger partial charge in [-0.15, -0.1) is 0 Å². The second kappa shape index (κ2) is 6.52. The number of imidazole rings is 1. The van der Waals surface area contributed by atoms with E-state index in [0.29, 0.717) is 13.0 Å². The number of fused-ring (bicyclic) bond motifs is 1. The van der Waals surface area contributed by atoms with Gasteiger partial charge in [-0.1, -0.05) is 19.1 Å². The fourth-order valence-electron chi connectivity index (χ4n) is 1.24. The van der Waals surface area contributed by atoms with E-state index in [1.807, 2.05) is 24.3 Å². The third-order valence-electron chi connectivity index (χ3n) is 2.02. The summed E-state index contributed by atoms with van der Waals surface area (Å²) in [7, 11) is 0. The lowest BCUT2D eigenvalue weighted by molar-refractivity contribution is -0.142. The van der Waals surface area contributed by atoms with Crippen molar-refractivity contribution in [3.8, 4) is 0 Å². The zero-order valence-electron chi connectivity index (χ0n) is 9.95. The SMILES string of the molecule is CCOC(=O)CC.O=c1[nH]c2ccccc2[nH]1. The van der Waals surface area contributed by atoms with Crippen LogP contribution in [0.5, 0.6) is 0 Å². The maximum absolute atomic E-state index is 10.7. The van der Waals surface area contributed by atoms with E-state index in [0.717, 1.165) is 11.0 Å². The van der Waals surface area contributed by atoms with Gasteiger partial charge in [0.1, 0.15) is 0 Å². The van der Waals surface area contributed by atoms with Gasteiger partial charge in [-0.25, -0.2) is 4.79 Å². The number of hydrogen-bond acceptors (Lipinski definition) is 3. The van der Waals surface area contributed by atoms with E-state index >= 15 is 0 Å². The summed E-state index contributed by atoms with van der Waals surface area (Å²) in [6.07, 6.45) is 0.480. The zero-order chi connectivity index (χ0) is 12.7. The van der Waals surface area contributed by atoms with Gasteiger partial charge in [0, 0.05) is 6.42 Å². The van der Waals surface area contributed by atoms with Crippen LogP contribution in [0.3, 0.4) is 0 Å². The second-order valence-corrected chi connectivity index (χ2v) is 3.28. The molecule has 0 aliphatic carbocycles. The lowest BCUT2D eigenvalue weighted by Crippen LogP contribution is -2.00. The lowest BCUT2D eigenvalue weighted by Gasteiger charge is -1.93. The summed E-state index contributed by atoms with van der Waals surface area (Å²) in [6, 6.07) is 7.47. The number of hydrogen-bond donors (Lipinski definition) is 2. The summed E-state index contributed by atoms with van der Waals surface area (Å²) in [5.74, 6) is -0.123. The molecular weight excluding hydrogens is 220 g/mol. The van der Waals surface area contributed by atoms with Gasteiger partial charge in [-0.3, -0.25) is 4.79 Å². The van der Waals surface area contributed by atoms with Gasteiger partial charge in [-0.05, 0) is 19.1 Å². The molecule has 0 aliphatic heterocycles. The number of benzene rings is 1. The third-order valence-corrected chi connectivity index (χ3v) is 2.02. The Hall–Kier alpha value is -2.04. The van der Waals surface area contributed by atoms with E-state index < -0.39 is 0 Å². The highest BCUT2D eigenvalue weighted by atomic mass is 16.5. The van der Waals surface area contributed by atoms with E-state index in [9.17, 15) is 9.59 Å². The summed E-state index contributed by atoms with van der Waals surface area (Å²) >= 11 is 0. The number of aromatic nitrogens is 2. The normalized spacial score (nSPS) is 9.53. The average Bonchev–Trinajstić information content (AvgIpc) is 2.70. The molecule has 0 radical (unpaired) electrons. The molecule has 2 rings (SSSR count). The van der Waals surface area contributed by atoms with Gasteiger partial charge in [0.05, 0.1) is 17.6 Å². The summed E-state index contributed by atoms with van der Waals surface area (Å²) in [4.78, 5) is 26.2. The van der Waals surface area contributed by atoms with Crippen LogP contribution in [0.25, 0.3) is 11.0 Å². The summed E-state index contributed by atoms with van der Waals surface area (Å²) in [6.45, 7) is 4.07. The number of nitrogens with one attached hydrogen (secondary N) is 2. The Labute approximate surface area is 98.8 Å². The molecule has 0 unspecified atom stereocenters. The maximum Gasteiger partial charge on any atom is 0.323 e. The van der Waals surface area contributed by atoms with Crippen LogP contribution in [0, 0.1) is 0 Å². The number of esters is 1. The summed E-state index contributed by atoms with van der Waals surface area (Å²) in [5.41, 5.74) is 1.56. The number of carbonyl (C=O) groups is 1. The summed E-state index contributed by atoms with van der Waals surface area (Å²) in [5, 5.41) is 0. The van der Waals surface area contributed by atoms with Crippen LogP contribution in [-0.4, -0.2) is 22.5 Å². The van der Waals surface area contributed by atoms with Crippen LogP contribution >= 0.6 is 0 Å². The van der Waals surface area contributed by atoms with Crippen molar-refractivity contribution < 1.29 is 9.53 Å². The molecule has 5 nitrogen and oxygen atoms in total. The Balaban J connectivity index is 0.000000185. The van der Waals surface area contributed by atoms with Gasteiger partial charge in [0.25, 0.3) is 0 Å². The van der Waals surface area contributed by atoms with Crippen LogP contribution in [0.4, 0.5) is 0 Å². The maximum atomic E-state index is 10.7. The first kappa shape index (κ1) is 13.0. The van der Waals surface area contributed by atoms with Crippen molar-refractivity contribution in [3.63, 3.8) is 0 Å². The highest BCUT2D eigenvalue weighted by Gasteiger charge is 1.92. The van der Waals surface area contributed by atoms with Crippen molar-refractivity contribution in [2.75, 3.05) is 6.61 Å². The monoisotopic (exact) mass is 236 g/mol. The minimum atomic E-state index is -0.152. The fraction of sp³-hybridized carbons (Fsp3) is 0.333. The molecule has 1 aromatic carbocycles. The molecule has 0 aliphatic rings. The highest BCUT2D eigenvalue weighted by molar-refractivity contribution is 5.73. The van der Waals surface area contributed by atoms with Crippen LogP contribution in [0.2, 0.25) is 0 Å². The molecule has 0 saturated heterocycles. The predicted molar refractivity (Wildman–Crippen MR) is 65.8 cm³/mol. The van der Waals surface area contributed by atoms with E-state index in [1.54, 1.807) is 13.8 Å². The Kier molecular flexibility index (Phi) is 5.00. The van der Waals surface area contributed by atoms with E-state index in [2.05, 4.69) is 14.7 Å². The van der Waals surface area contributed by atoms with Crippen LogP contribution < -0.4 is 5.69 Å². The first-order valence-corrected chi connectivity index (χ1v) is 5.50. The van der Waals surface area contributed by atoms with Gasteiger partial charge in [-0.2, -0.15) is 0 Å². The molecular formula is C12H16N2O3. The minimum Gasteiger partial charge on any atom is -0.466 e. The molecule has 0 saturated carbocycles. The van der Waals surface area contributed by atoms with Gasteiger partial charge >= 0.3 is 11.7 Å². The van der Waals surface area contributed by atoms with E-state index in [4.69, 9.17) is 0 Å². The van der Waals surface area contributed by atoms with Crippen molar-refractivity contribution in [2.45, 2.75) is 20.3 Å². The number of H-pyrrole nitrogens is 2. The minimum absolute atomic E-state index is 0.123. The largest absolute Gasteiger partial charge is 0.466 e. The van der Waals surface area contributed by atoms with Crippen molar-refractivity contribution >= 4 is 17.0 Å². The quantitative estimate of drug-likeness (QED) is 0.781. The Morgan fingerprint density at radius 2 is 1.71 bits per heavy atom. The van der Waals surface area contributed by atoms with Crippen molar-refractivity contribution in [3.05, 3.63) is 34.7 Å². The Bertz CT molecular complexity index is 492. The van der Waals surface area contributed by atoms with Crippen LogP contribution in [-0.2, 0) is 9.53 Å². The van der Waals surface area contributed by atoms with Gasteiger partial charge in [0.15, 0.2) is 0 Å². The molecule has 92 valence electrons. The Morgan fingerprint density at radius 3 is 2.06 bits per heavy atom. The zero-order valence-corrected chi connectivity index (χ0v) is 9.95. The first-order valence-electron chi connectivity index (χ1n) is 5.50. The van der Waals surface area contributed by atoms with Crippen molar-refractivity contribution in [2.24, 2.45) is 0 Å². The molecule has 2 N–H and O–H groups in total. The molecule has 1 heterocycles. The number of aromatic amines is 2. The highest BCUT2D eigenvalue weighted by Crippen LogP contribution is 2.03. The average molecular weight is 236 g/mol. The standard InChI is InChI=1S/C7H6N2O.C5H10O2/c10-7-8-5-3-1-2-4-6(5)9-7;1-3-5(6)7-4-2/h1-4H,(H2,8,9,10);3-4H2,1-2H3. The number of carbonyl (C=O) groups excluding carboxylic acids is 1. The molecule has 0 amide bonds. The predicted octanol–water partition coefficient (Wildman–Crippen LogP) is 1.82. The molecule has 5 heteroatoms. The number of ether oxygens (including phenoxy) is 1. The van der Waals surface area contributed by atoms with Crippen LogP contribution in [0.1, 0.15) is 20.3 Å². The van der Waals surface area contributed by atoms with Crippen LogP contribution in [0.15, 0.2) is 29.1 Å². The number of rotatable bonds is 2. The molecule has 0 spiro atoms. The number of para-hydroxylation sites is 2. The van der Waals surface area contributed by atoms with Crippen molar-refractivity contribution in [1.29, 1.82) is 0 Å². The molecule has 1 aromatic heterocycles. The Morgan fingerprint density at radius 1 is 1.18 bits per heavy atom. The lowest BCUT2D eigenvalue weighted by atomic mass is 10.3. The van der Waals surface area contributed by atoms with E-state index in [1.165, 1.54) is 0 Å². The molecule has 0 atom stereocenters. The van der Waals surface area contributed by atoms with Crippen molar-refractivity contribution in [1.82, 2.24) is 9.97 Å². The molecule has 2 aromatic rings. The topological polar surface area (TPSA) is 75.0 Å². The van der Waals surface area contributed by atoms with Gasteiger partial charge in [0.2, 0.25) is 0 Å². The van der Waals surface area contributed by atoms with E-state index in [-0.39, 0.29) is 11.7 Å². The second-order valence-electron chi connectivity index (χ2n) is 3.28.